The fourth-order valence-electron chi connectivity index (χ4n) is 2.73. The monoisotopic (exact) mass is 393 g/mol. The van der Waals surface area contributed by atoms with Gasteiger partial charge in [-0.05, 0) is 31.2 Å². The number of halogens is 1. The minimum absolute atomic E-state index is 0.0202. The number of ether oxygens (including phenoxy) is 1. The number of benzene rings is 1. The van der Waals surface area contributed by atoms with Crippen LogP contribution in [0.3, 0.4) is 0 Å². The lowest BCUT2D eigenvalue weighted by molar-refractivity contribution is -0.140. The molecule has 0 unspecified atom stereocenters. The molecule has 1 aliphatic rings. The first-order chi connectivity index (χ1) is 12.5. The molecular weight excluding hydrogens is 374 g/mol. The summed E-state index contributed by atoms with van der Waals surface area (Å²) < 4.78 is 5.49. The molecule has 1 fully saturated rings. The van der Waals surface area contributed by atoms with E-state index in [2.05, 4.69) is 4.98 Å². The molecule has 1 aromatic heterocycles. The first kappa shape index (κ1) is 18.7. The van der Waals surface area contributed by atoms with Gasteiger partial charge in [0.15, 0.2) is 6.61 Å². The minimum atomic E-state index is -0.0813. The van der Waals surface area contributed by atoms with Crippen LogP contribution in [0.5, 0.6) is 5.75 Å². The second-order valence-corrected chi connectivity index (χ2v) is 7.54. The van der Waals surface area contributed by atoms with Crippen molar-refractivity contribution in [3.05, 3.63) is 45.4 Å². The van der Waals surface area contributed by atoms with Crippen LogP contribution in [0.1, 0.15) is 10.7 Å². The van der Waals surface area contributed by atoms with Crippen molar-refractivity contribution in [2.24, 2.45) is 0 Å². The van der Waals surface area contributed by atoms with Crippen molar-refractivity contribution in [1.29, 1.82) is 0 Å². The topological polar surface area (TPSA) is 62.7 Å². The molecule has 0 N–H and O–H groups in total. The lowest BCUT2D eigenvalue weighted by Gasteiger charge is -2.34. The van der Waals surface area contributed by atoms with Crippen molar-refractivity contribution in [3.8, 4) is 5.75 Å². The van der Waals surface area contributed by atoms with Crippen LogP contribution in [-0.2, 0) is 16.0 Å². The molecule has 1 aliphatic heterocycles. The zero-order valence-electron chi connectivity index (χ0n) is 14.5. The average molecular weight is 394 g/mol. The molecule has 0 atom stereocenters. The summed E-state index contributed by atoms with van der Waals surface area (Å²) in [7, 11) is 0. The molecule has 26 heavy (non-hydrogen) atoms. The number of aromatic nitrogens is 1. The third-order valence-electron chi connectivity index (χ3n) is 4.16. The summed E-state index contributed by atoms with van der Waals surface area (Å²) in [5.74, 6) is 0.581. The number of nitrogens with zero attached hydrogens (tertiary/aromatic N) is 3. The molecule has 1 aromatic carbocycles. The molecule has 0 spiro atoms. The molecule has 0 aliphatic carbocycles. The molecule has 8 heteroatoms. The van der Waals surface area contributed by atoms with E-state index >= 15 is 0 Å². The van der Waals surface area contributed by atoms with Gasteiger partial charge in [-0.25, -0.2) is 4.98 Å². The number of thiazole rings is 1. The lowest BCUT2D eigenvalue weighted by atomic mass is 10.2. The molecule has 138 valence electrons. The maximum Gasteiger partial charge on any atom is 0.260 e. The van der Waals surface area contributed by atoms with Gasteiger partial charge < -0.3 is 14.5 Å². The lowest BCUT2D eigenvalue weighted by Crippen LogP contribution is -2.52. The van der Waals surface area contributed by atoms with Crippen molar-refractivity contribution >= 4 is 34.8 Å². The normalized spacial score (nSPS) is 14.4. The van der Waals surface area contributed by atoms with E-state index in [0.717, 1.165) is 10.7 Å². The molecule has 6 nitrogen and oxygen atoms in total. The highest BCUT2D eigenvalue weighted by Gasteiger charge is 2.24. The summed E-state index contributed by atoms with van der Waals surface area (Å²) in [6.45, 7) is 4.02. The van der Waals surface area contributed by atoms with Crippen molar-refractivity contribution in [2.45, 2.75) is 13.3 Å². The van der Waals surface area contributed by atoms with Crippen molar-refractivity contribution < 1.29 is 14.3 Å². The molecule has 2 amide bonds. The van der Waals surface area contributed by atoms with Crippen molar-refractivity contribution in [2.75, 3.05) is 32.8 Å². The van der Waals surface area contributed by atoms with E-state index in [4.69, 9.17) is 16.3 Å². The Morgan fingerprint density at radius 3 is 2.31 bits per heavy atom. The van der Waals surface area contributed by atoms with Crippen LogP contribution in [0.4, 0.5) is 0 Å². The molecule has 3 rings (SSSR count). The first-order valence-electron chi connectivity index (χ1n) is 8.36. The highest BCUT2D eigenvalue weighted by molar-refractivity contribution is 7.09. The van der Waals surface area contributed by atoms with E-state index in [1.54, 1.807) is 45.4 Å². The number of carbonyl (C=O) groups excluding carboxylic acids is 2. The number of rotatable bonds is 5. The average Bonchev–Trinajstić information content (AvgIpc) is 3.06. The van der Waals surface area contributed by atoms with E-state index in [1.807, 2.05) is 12.3 Å². The van der Waals surface area contributed by atoms with Gasteiger partial charge >= 0.3 is 0 Å². The van der Waals surface area contributed by atoms with Crippen LogP contribution >= 0.6 is 22.9 Å². The first-order valence-corrected chi connectivity index (χ1v) is 9.62. The Labute approximate surface area is 161 Å². The van der Waals surface area contributed by atoms with Crippen LogP contribution in [0.15, 0.2) is 29.6 Å². The van der Waals surface area contributed by atoms with E-state index in [9.17, 15) is 9.59 Å². The van der Waals surface area contributed by atoms with E-state index in [-0.39, 0.29) is 18.4 Å². The predicted octanol–water partition coefficient (Wildman–Crippen LogP) is 2.40. The minimum Gasteiger partial charge on any atom is -0.484 e. The summed E-state index contributed by atoms with van der Waals surface area (Å²) in [5, 5.41) is 3.50. The highest BCUT2D eigenvalue weighted by atomic mass is 35.5. The third kappa shape index (κ3) is 4.95. The number of aryl methyl sites for hydroxylation is 1. The quantitative estimate of drug-likeness (QED) is 0.782. The molecule has 0 saturated carbocycles. The Morgan fingerprint density at radius 1 is 1.12 bits per heavy atom. The van der Waals surface area contributed by atoms with Crippen LogP contribution in [-0.4, -0.2) is 59.4 Å². The zero-order valence-corrected chi connectivity index (χ0v) is 16.1. The number of piperazine rings is 1. The van der Waals surface area contributed by atoms with Gasteiger partial charge in [0.25, 0.3) is 5.91 Å². The van der Waals surface area contributed by atoms with Gasteiger partial charge in [0.05, 0.1) is 17.1 Å². The largest absolute Gasteiger partial charge is 0.484 e. The number of carbonyl (C=O) groups is 2. The summed E-state index contributed by atoms with van der Waals surface area (Å²) in [4.78, 5) is 32.5. The summed E-state index contributed by atoms with van der Waals surface area (Å²) in [6.07, 6.45) is 0.317. The SMILES string of the molecule is Cc1nc(CC(=O)N2CCN(C(=O)COc3ccc(Cl)cc3)CC2)cs1. The van der Waals surface area contributed by atoms with Gasteiger partial charge in [-0.2, -0.15) is 0 Å². The van der Waals surface area contributed by atoms with Crippen LogP contribution in [0, 0.1) is 6.92 Å². The van der Waals surface area contributed by atoms with E-state index in [0.29, 0.717) is 43.4 Å². The van der Waals surface area contributed by atoms with E-state index in [1.165, 1.54) is 0 Å². The Kier molecular flexibility index (Phi) is 6.11. The second-order valence-electron chi connectivity index (χ2n) is 6.04. The Balaban J connectivity index is 1.43. The fraction of sp³-hybridized carbons (Fsp3) is 0.389. The van der Waals surface area contributed by atoms with E-state index < -0.39 is 0 Å². The van der Waals surface area contributed by atoms with Gasteiger partial charge in [0, 0.05) is 36.6 Å². The van der Waals surface area contributed by atoms with Gasteiger partial charge in [-0.3, -0.25) is 9.59 Å². The van der Waals surface area contributed by atoms with Crippen molar-refractivity contribution in [3.63, 3.8) is 0 Å². The fourth-order valence-corrected chi connectivity index (χ4v) is 3.47. The smallest absolute Gasteiger partial charge is 0.260 e. The highest BCUT2D eigenvalue weighted by Crippen LogP contribution is 2.16. The number of amides is 2. The maximum atomic E-state index is 12.3. The molecule has 2 aromatic rings. The van der Waals surface area contributed by atoms with Gasteiger partial charge in [0.2, 0.25) is 5.91 Å². The predicted molar refractivity (Wildman–Crippen MR) is 101 cm³/mol. The van der Waals surface area contributed by atoms with Crippen LogP contribution < -0.4 is 4.74 Å². The molecular formula is C18H20ClN3O3S. The zero-order chi connectivity index (χ0) is 18.5. The van der Waals surface area contributed by atoms with Gasteiger partial charge in [-0.1, -0.05) is 11.6 Å². The Hall–Kier alpha value is -2.12. The Bertz CT molecular complexity index is 770. The molecule has 0 radical (unpaired) electrons. The van der Waals surface area contributed by atoms with Crippen LogP contribution in [0.25, 0.3) is 0 Å². The molecule has 0 bridgehead atoms. The van der Waals surface area contributed by atoms with Crippen LogP contribution in [0.2, 0.25) is 5.02 Å². The van der Waals surface area contributed by atoms with Crippen molar-refractivity contribution in [1.82, 2.24) is 14.8 Å². The van der Waals surface area contributed by atoms with Gasteiger partial charge in [-0.15, -0.1) is 11.3 Å². The maximum absolute atomic E-state index is 12.3. The molecule has 2 heterocycles. The number of hydrogen-bond donors (Lipinski definition) is 0. The number of hydrogen-bond acceptors (Lipinski definition) is 5. The standard InChI is InChI=1S/C18H20ClN3O3S/c1-13-20-15(12-26-13)10-17(23)21-6-8-22(9-7-21)18(24)11-25-16-4-2-14(19)3-5-16/h2-5,12H,6-11H2,1H3. The second kappa shape index (κ2) is 8.51. The van der Waals surface area contributed by atoms with Gasteiger partial charge in [0.1, 0.15) is 5.75 Å². The third-order valence-corrected chi connectivity index (χ3v) is 5.23. The summed E-state index contributed by atoms with van der Waals surface area (Å²) in [5.41, 5.74) is 0.812. The Morgan fingerprint density at radius 2 is 1.73 bits per heavy atom. The summed E-state index contributed by atoms with van der Waals surface area (Å²) >= 11 is 7.37. The molecule has 1 saturated heterocycles. The summed E-state index contributed by atoms with van der Waals surface area (Å²) in [6, 6.07) is 6.89.